The molecule has 0 bridgehead atoms. The van der Waals surface area contributed by atoms with Gasteiger partial charge in [0.15, 0.2) is 18.8 Å². The summed E-state index contributed by atoms with van der Waals surface area (Å²) in [6.07, 6.45) is -7.00. The van der Waals surface area contributed by atoms with E-state index in [4.69, 9.17) is 37.9 Å². The third kappa shape index (κ3) is 9.33. The summed E-state index contributed by atoms with van der Waals surface area (Å²) in [4.78, 5) is 60.0. The van der Waals surface area contributed by atoms with Crippen molar-refractivity contribution < 1.29 is 67.0 Å². The Hall–Kier alpha value is -4.85. The number of methoxy groups -OCH3 is 1. The number of ketones is 1. The molecule has 0 saturated carbocycles. The van der Waals surface area contributed by atoms with Gasteiger partial charge in [0.05, 0.1) is 12.7 Å². The van der Waals surface area contributed by atoms with Crippen molar-refractivity contribution in [3.8, 4) is 23.0 Å². The molecule has 0 aromatic heterocycles. The zero-order chi connectivity index (χ0) is 31.7. The number of Topliss-reactive ketones (excluding diaryl/α,β-unsaturated/α-hetero) is 1. The second-order valence-corrected chi connectivity index (χ2v) is 9.25. The Balaban J connectivity index is 1.84. The lowest BCUT2D eigenvalue weighted by atomic mass is 9.98. The third-order valence-corrected chi connectivity index (χ3v) is 5.90. The van der Waals surface area contributed by atoms with E-state index < -0.39 is 72.7 Å². The van der Waals surface area contributed by atoms with Gasteiger partial charge in [0.2, 0.25) is 18.2 Å². The normalized spacial score (nSPS) is 21.1. The zero-order valence-corrected chi connectivity index (χ0v) is 24.1. The summed E-state index contributed by atoms with van der Waals surface area (Å²) < 4.78 is 43.4. The van der Waals surface area contributed by atoms with E-state index in [0.29, 0.717) is 11.5 Å². The average molecular weight is 605 g/mol. The Morgan fingerprint density at radius 2 is 1.30 bits per heavy atom. The van der Waals surface area contributed by atoms with Crippen LogP contribution in [0.5, 0.6) is 23.0 Å². The molecule has 3 rings (SSSR count). The molecule has 0 radical (unpaired) electrons. The van der Waals surface area contributed by atoms with Crippen molar-refractivity contribution in [1.82, 2.24) is 0 Å². The van der Waals surface area contributed by atoms with Crippen LogP contribution in [-0.2, 0) is 42.9 Å². The zero-order valence-electron chi connectivity index (χ0n) is 24.1. The van der Waals surface area contributed by atoms with E-state index in [1.165, 1.54) is 19.2 Å². The Bertz CT molecular complexity index is 1320. The van der Waals surface area contributed by atoms with Crippen molar-refractivity contribution in [2.75, 3.05) is 20.3 Å². The molecular weight excluding hydrogens is 572 g/mol. The van der Waals surface area contributed by atoms with Crippen LogP contribution in [0.4, 0.5) is 0 Å². The largest absolute Gasteiger partial charge is 0.507 e. The number of phenols is 1. The summed E-state index contributed by atoms with van der Waals surface area (Å²) in [5, 5.41) is 10.6. The quantitative estimate of drug-likeness (QED) is 0.211. The molecule has 1 fully saturated rings. The monoisotopic (exact) mass is 604 g/mol. The summed E-state index contributed by atoms with van der Waals surface area (Å²) in [5.74, 6) is -3.05. The molecule has 14 heteroatoms. The van der Waals surface area contributed by atoms with Crippen LogP contribution in [0.1, 0.15) is 38.1 Å². The van der Waals surface area contributed by atoms with E-state index in [-0.39, 0.29) is 17.9 Å². The molecule has 1 N–H and O–H groups in total. The van der Waals surface area contributed by atoms with Crippen molar-refractivity contribution in [2.24, 2.45) is 0 Å². The lowest BCUT2D eigenvalue weighted by molar-refractivity contribution is -0.288. The van der Waals surface area contributed by atoms with E-state index in [9.17, 15) is 29.1 Å². The molecule has 2 aromatic rings. The average Bonchev–Trinajstić information content (AvgIpc) is 2.93. The van der Waals surface area contributed by atoms with Gasteiger partial charge in [-0.05, 0) is 36.4 Å². The topological polar surface area (TPSA) is 179 Å². The van der Waals surface area contributed by atoms with Gasteiger partial charge >= 0.3 is 23.9 Å². The fourth-order valence-electron chi connectivity index (χ4n) is 4.14. The van der Waals surface area contributed by atoms with Gasteiger partial charge in [-0.25, -0.2) is 0 Å². The molecular formula is C29H32O14. The minimum absolute atomic E-state index is 0.0361. The van der Waals surface area contributed by atoms with Crippen LogP contribution in [-0.4, -0.2) is 85.8 Å². The van der Waals surface area contributed by atoms with Gasteiger partial charge in [-0.15, -0.1) is 0 Å². The number of ether oxygens (including phenoxy) is 8. The minimum Gasteiger partial charge on any atom is -0.507 e. The maximum Gasteiger partial charge on any atom is 0.303 e. The number of carbonyl (C=O) groups excluding carboxylic acids is 5. The highest BCUT2D eigenvalue weighted by molar-refractivity contribution is 5.99. The number of rotatable bonds is 12. The van der Waals surface area contributed by atoms with Crippen LogP contribution in [0, 0.1) is 0 Å². The molecule has 232 valence electrons. The predicted octanol–water partition coefficient (Wildman–Crippen LogP) is 2.12. The second-order valence-electron chi connectivity index (χ2n) is 9.25. The summed E-state index contributed by atoms with van der Waals surface area (Å²) in [6, 6.07) is 10.3. The fourth-order valence-corrected chi connectivity index (χ4v) is 4.14. The molecule has 2 aromatic carbocycles. The second kappa shape index (κ2) is 14.9. The molecule has 0 spiro atoms. The summed E-state index contributed by atoms with van der Waals surface area (Å²) in [7, 11) is 1.52. The number of carbonyl (C=O) groups is 5. The Labute approximate surface area is 246 Å². The maximum absolute atomic E-state index is 12.7. The number of aromatic hydroxyl groups is 1. The van der Waals surface area contributed by atoms with E-state index >= 15 is 0 Å². The lowest BCUT2D eigenvalue weighted by Crippen LogP contribution is -2.63. The predicted molar refractivity (Wildman–Crippen MR) is 144 cm³/mol. The van der Waals surface area contributed by atoms with Crippen LogP contribution in [0.25, 0.3) is 0 Å². The molecule has 0 amide bonds. The van der Waals surface area contributed by atoms with Crippen LogP contribution in [0.3, 0.4) is 0 Å². The van der Waals surface area contributed by atoms with Gasteiger partial charge in [-0.3, -0.25) is 24.0 Å². The van der Waals surface area contributed by atoms with Gasteiger partial charge in [0.1, 0.15) is 35.7 Å². The van der Waals surface area contributed by atoms with Crippen molar-refractivity contribution in [3.63, 3.8) is 0 Å². The lowest BCUT2D eigenvalue weighted by Gasteiger charge is -2.43. The molecule has 5 atom stereocenters. The summed E-state index contributed by atoms with van der Waals surface area (Å²) >= 11 is 0. The van der Waals surface area contributed by atoms with Crippen molar-refractivity contribution in [1.29, 1.82) is 0 Å². The number of hydrogen-bond donors (Lipinski definition) is 1. The van der Waals surface area contributed by atoms with Gasteiger partial charge in [-0.1, -0.05) is 0 Å². The highest BCUT2D eigenvalue weighted by Gasteiger charge is 2.53. The molecule has 0 aliphatic carbocycles. The SMILES string of the molecule is COc1ccc(OCC(=O)c2ccc(O[C@@H]3O[C@H](COC(C)=O)[C@@H](OC(C)=O)[C@@H](OC(C)=O)[C@H]3OC(C)=O)cc2O)cc1. The highest BCUT2D eigenvalue weighted by Crippen LogP contribution is 2.32. The van der Waals surface area contributed by atoms with Gasteiger partial charge in [-0.2, -0.15) is 0 Å². The number of phenolic OH excluding ortho intramolecular Hbond substituents is 1. The Morgan fingerprint density at radius 1 is 0.744 bits per heavy atom. The standard InChI is InChI=1S/C29H32O14/c1-15(30)37-14-25-26(39-16(2)31)27(40-17(3)32)28(41-18(4)33)29(43-25)42-21-10-11-22(23(34)12-21)24(35)13-38-20-8-6-19(36-5)7-9-20/h6-12,25-29,34H,13-14H2,1-5H3/t25-,26-,27-,28-,29-/m1/s1. The number of esters is 4. The van der Waals surface area contributed by atoms with Crippen LogP contribution in [0.2, 0.25) is 0 Å². The number of hydrogen-bond acceptors (Lipinski definition) is 14. The molecule has 1 aliphatic heterocycles. The van der Waals surface area contributed by atoms with Gasteiger partial charge in [0.25, 0.3) is 0 Å². The molecule has 1 heterocycles. The summed E-state index contributed by atoms with van der Waals surface area (Å²) in [6.45, 7) is 3.62. The van der Waals surface area contributed by atoms with Crippen molar-refractivity contribution in [3.05, 3.63) is 48.0 Å². The third-order valence-electron chi connectivity index (χ3n) is 5.90. The van der Waals surface area contributed by atoms with Crippen molar-refractivity contribution >= 4 is 29.7 Å². The first-order valence-corrected chi connectivity index (χ1v) is 13.0. The van der Waals surface area contributed by atoms with E-state index in [0.717, 1.165) is 33.8 Å². The molecule has 43 heavy (non-hydrogen) atoms. The molecule has 1 saturated heterocycles. The fraction of sp³-hybridized carbons (Fsp3) is 0.414. The number of benzene rings is 2. The first-order valence-electron chi connectivity index (χ1n) is 13.0. The minimum atomic E-state index is -1.51. The maximum atomic E-state index is 12.7. The first kappa shape index (κ1) is 32.7. The van der Waals surface area contributed by atoms with Crippen molar-refractivity contribution in [2.45, 2.75) is 58.4 Å². The first-order chi connectivity index (χ1) is 20.4. The molecule has 14 nitrogen and oxygen atoms in total. The Morgan fingerprint density at radius 3 is 1.86 bits per heavy atom. The van der Waals surface area contributed by atoms with Gasteiger partial charge < -0.3 is 43.0 Å². The van der Waals surface area contributed by atoms with E-state index in [2.05, 4.69) is 0 Å². The van der Waals surface area contributed by atoms with E-state index in [1.807, 2.05) is 0 Å². The summed E-state index contributed by atoms with van der Waals surface area (Å²) in [5.41, 5.74) is -0.0672. The van der Waals surface area contributed by atoms with E-state index in [1.54, 1.807) is 24.3 Å². The Kier molecular flexibility index (Phi) is 11.3. The van der Waals surface area contributed by atoms with Gasteiger partial charge in [0, 0.05) is 33.8 Å². The van der Waals surface area contributed by atoms with Crippen LogP contribution < -0.4 is 14.2 Å². The molecule has 0 unspecified atom stereocenters. The van der Waals surface area contributed by atoms with Crippen LogP contribution in [0.15, 0.2) is 42.5 Å². The smallest absolute Gasteiger partial charge is 0.303 e. The highest BCUT2D eigenvalue weighted by atomic mass is 16.7. The molecule has 1 aliphatic rings. The van der Waals surface area contributed by atoms with Crippen LogP contribution >= 0.6 is 0 Å².